The number of benzene rings is 1. The second-order valence-corrected chi connectivity index (χ2v) is 7.60. The highest BCUT2D eigenvalue weighted by Gasteiger charge is 2.11. The predicted octanol–water partition coefficient (Wildman–Crippen LogP) is 4.88. The van der Waals surface area contributed by atoms with Crippen molar-refractivity contribution < 1.29 is 4.79 Å². The molecule has 0 radical (unpaired) electrons. The van der Waals surface area contributed by atoms with Gasteiger partial charge in [-0.3, -0.25) is 14.2 Å². The normalized spacial score (nSPS) is 10.9. The van der Waals surface area contributed by atoms with Crippen molar-refractivity contribution in [1.29, 1.82) is 0 Å². The molecule has 3 aromatic rings. The zero-order chi connectivity index (χ0) is 18.7. The molecule has 0 saturated heterocycles. The first-order valence-electron chi connectivity index (χ1n) is 7.55. The van der Waals surface area contributed by atoms with Gasteiger partial charge in [0.1, 0.15) is 0 Å². The summed E-state index contributed by atoms with van der Waals surface area (Å²) in [5.41, 5.74) is 0.947. The minimum absolute atomic E-state index is 0.169. The van der Waals surface area contributed by atoms with E-state index >= 15 is 0 Å². The molecule has 0 bridgehead atoms. The van der Waals surface area contributed by atoms with Crippen molar-refractivity contribution in [1.82, 2.24) is 19.6 Å². The maximum atomic E-state index is 12.1. The summed E-state index contributed by atoms with van der Waals surface area (Å²) in [7, 11) is 0. The van der Waals surface area contributed by atoms with Crippen molar-refractivity contribution in [2.45, 2.75) is 19.5 Å². The summed E-state index contributed by atoms with van der Waals surface area (Å²) in [5.74, 6) is 0.283. The van der Waals surface area contributed by atoms with Crippen LogP contribution in [0, 0.1) is 0 Å². The van der Waals surface area contributed by atoms with E-state index in [1.165, 1.54) is 6.20 Å². The molecule has 1 amide bonds. The molecule has 0 aliphatic carbocycles. The van der Waals surface area contributed by atoms with Crippen molar-refractivity contribution in [3.05, 3.63) is 61.9 Å². The Hall–Kier alpha value is -1.54. The maximum absolute atomic E-state index is 12.1. The van der Waals surface area contributed by atoms with E-state index in [-0.39, 0.29) is 12.3 Å². The Balaban J connectivity index is 1.60. The van der Waals surface area contributed by atoms with Crippen LogP contribution in [0.1, 0.15) is 12.0 Å². The van der Waals surface area contributed by atoms with Gasteiger partial charge in [0.05, 0.1) is 32.3 Å². The zero-order valence-corrected chi connectivity index (χ0v) is 17.1. The van der Waals surface area contributed by atoms with Crippen LogP contribution in [0.5, 0.6) is 0 Å². The van der Waals surface area contributed by atoms with Crippen LogP contribution in [0.25, 0.3) is 0 Å². The molecule has 2 aromatic heterocycles. The number of aryl methyl sites for hydroxylation is 1. The van der Waals surface area contributed by atoms with Crippen LogP contribution in [-0.2, 0) is 17.9 Å². The van der Waals surface area contributed by atoms with Gasteiger partial charge in [-0.2, -0.15) is 10.2 Å². The number of anilines is 1. The molecule has 3 rings (SSSR count). The minimum Gasteiger partial charge on any atom is -0.308 e. The first-order chi connectivity index (χ1) is 12.4. The maximum Gasteiger partial charge on any atom is 0.227 e. The number of carbonyl (C=O) groups is 1. The third kappa shape index (κ3) is 5.01. The first kappa shape index (κ1) is 19.2. The predicted molar refractivity (Wildman–Crippen MR) is 106 cm³/mol. The SMILES string of the molecule is O=C(CCn1cc(Cl)cn1)Nc1nn(Cc2ccc(Cl)c(Cl)c2)cc1Br. The van der Waals surface area contributed by atoms with Crippen molar-refractivity contribution in [3.8, 4) is 0 Å². The Morgan fingerprint density at radius 3 is 2.65 bits per heavy atom. The molecular weight excluding hydrogens is 464 g/mol. The van der Waals surface area contributed by atoms with E-state index in [0.29, 0.717) is 38.4 Å². The molecule has 1 N–H and O–H groups in total. The number of carbonyl (C=O) groups excluding carboxylic acids is 1. The van der Waals surface area contributed by atoms with E-state index in [4.69, 9.17) is 34.8 Å². The zero-order valence-electron chi connectivity index (χ0n) is 13.3. The summed E-state index contributed by atoms with van der Waals surface area (Å²) in [5, 5.41) is 12.7. The fourth-order valence-corrected chi connectivity index (χ4v) is 3.15. The Morgan fingerprint density at radius 1 is 1.15 bits per heavy atom. The topological polar surface area (TPSA) is 64.7 Å². The van der Waals surface area contributed by atoms with Crippen LogP contribution in [0.4, 0.5) is 5.82 Å². The number of hydrogen-bond acceptors (Lipinski definition) is 3. The second kappa shape index (κ2) is 8.43. The van der Waals surface area contributed by atoms with E-state index < -0.39 is 0 Å². The van der Waals surface area contributed by atoms with E-state index in [9.17, 15) is 4.79 Å². The highest BCUT2D eigenvalue weighted by molar-refractivity contribution is 9.10. The van der Waals surface area contributed by atoms with Crippen LogP contribution in [0.2, 0.25) is 15.1 Å². The van der Waals surface area contributed by atoms with Gasteiger partial charge in [0.2, 0.25) is 5.91 Å². The Morgan fingerprint density at radius 2 is 1.96 bits per heavy atom. The molecule has 1 aromatic carbocycles. The van der Waals surface area contributed by atoms with E-state index in [1.807, 2.05) is 6.07 Å². The largest absolute Gasteiger partial charge is 0.308 e. The fraction of sp³-hybridized carbons (Fsp3) is 0.188. The van der Waals surface area contributed by atoms with Gasteiger partial charge in [-0.25, -0.2) is 0 Å². The number of aromatic nitrogens is 4. The third-order valence-corrected chi connectivity index (χ3v) is 4.99. The number of rotatable bonds is 6. The number of hydrogen-bond donors (Lipinski definition) is 1. The monoisotopic (exact) mass is 475 g/mol. The Bertz CT molecular complexity index is 940. The number of halogens is 4. The van der Waals surface area contributed by atoms with Gasteiger partial charge in [0.25, 0.3) is 0 Å². The standard InChI is InChI=1S/C16H13BrCl3N5O/c17-12-9-25(7-10-1-2-13(19)14(20)5-10)23-16(12)22-15(26)3-4-24-8-11(18)6-21-24/h1-2,5-6,8-9H,3-4,7H2,(H,22,23,26). The summed E-state index contributed by atoms with van der Waals surface area (Å²) in [6.45, 7) is 0.928. The van der Waals surface area contributed by atoms with Crippen LogP contribution in [0.15, 0.2) is 41.3 Å². The van der Waals surface area contributed by atoms with Crippen molar-refractivity contribution in [2.24, 2.45) is 0 Å². The van der Waals surface area contributed by atoms with Crippen LogP contribution < -0.4 is 5.32 Å². The molecule has 0 aliphatic heterocycles. The van der Waals surface area contributed by atoms with Gasteiger partial charge >= 0.3 is 0 Å². The van der Waals surface area contributed by atoms with E-state index in [0.717, 1.165) is 5.56 Å². The van der Waals surface area contributed by atoms with Gasteiger partial charge in [-0.05, 0) is 33.6 Å². The minimum atomic E-state index is -0.169. The molecule has 0 fully saturated rings. The van der Waals surface area contributed by atoms with Crippen molar-refractivity contribution in [3.63, 3.8) is 0 Å². The lowest BCUT2D eigenvalue weighted by atomic mass is 10.2. The molecule has 0 unspecified atom stereocenters. The molecular formula is C16H13BrCl3N5O. The molecule has 2 heterocycles. The molecule has 26 heavy (non-hydrogen) atoms. The summed E-state index contributed by atoms with van der Waals surface area (Å²) in [4.78, 5) is 12.1. The molecule has 0 atom stereocenters. The van der Waals surface area contributed by atoms with Gasteiger partial charge < -0.3 is 5.32 Å². The van der Waals surface area contributed by atoms with Crippen LogP contribution in [-0.4, -0.2) is 25.5 Å². The summed E-state index contributed by atoms with van der Waals surface area (Å²) in [6, 6.07) is 5.40. The molecule has 10 heteroatoms. The van der Waals surface area contributed by atoms with E-state index in [2.05, 4.69) is 31.4 Å². The third-order valence-electron chi connectivity index (χ3n) is 3.47. The Kier molecular flexibility index (Phi) is 6.24. The average molecular weight is 478 g/mol. The first-order valence-corrected chi connectivity index (χ1v) is 9.48. The summed E-state index contributed by atoms with van der Waals surface area (Å²) < 4.78 is 4.00. The lowest BCUT2D eigenvalue weighted by molar-refractivity contribution is -0.116. The van der Waals surface area contributed by atoms with Gasteiger partial charge in [0.15, 0.2) is 5.82 Å². The molecule has 6 nitrogen and oxygen atoms in total. The Labute approximate surface area is 173 Å². The van der Waals surface area contributed by atoms with Crippen molar-refractivity contribution in [2.75, 3.05) is 5.32 Å². The smallest absolute Gasteiger partial charge is 0.227 e. The fourth-order valence-electron chi connectivity index (χ4n) is 2.26. The molecule has 0 saturated carbocycles. The lowest BCUT2D eigenvalue weighted by Crippen LogP contribution is -2.15. The van der Waals surface area contributed by atoms with Gasteiger partial charge in [-0.15, -0.1) is 0 Å². The van der Waals surface area contributed by atoms with Gasteiger partial charge in [-0.1, -0.05) is 40.9 Å². The number of nitrogens with zero attached hydrogens (tertiary/aromatic N) is 4. The van der Waals surface area contributed by atoms with Crippen molar-refractivity contribution >= 4 is 62.5 Å². The van der Waals surface area contributed by atoms with Gasteiger partial charge in [0, 0.05) is 25.4 Å². The quantitative estimate of drug-likeness (QED) is 0.550. The number of amides is 1. The number of nitrogens with one attached hydrogen (secondary N) is 1. The summed E-state index contributed by atoms with van der Waals surface area (Å²) in [6.07, 6.45) is 5.23. The second-order valence-electron chi connectivity index (χ2n) is 5.49. The van der Waals surface area contributed by atoms with Crippen LogP contribution >= 0.6 is 50.7 Å². The molecule has 0 spiro atoms. The molecule has 136 valence electrons. The van der Waals surface area contributed by atoms with Crippen LogP contribution in [0.3, 0.4) is 0 Å². The lowest BCUT2D eigenvalue weighted by Gasteiger charge is -2.04. The average Bonchev–Trinajstić information content (AvgIpc) is 3.15. The van der Waals surface area contributed by atoms with E-state index in [1.54, 1.807) is 33.9 Å². The highest BCUT2D eigenvalue weighted by Crippen LogP contribution is 2.24. The summed E-state index contributed by atoms with van der Waals surface area (Å²) >= 11 is 21.2. The highest BCUT2D eigenvalue weighted by atomic mass is 79.9. The molecule has 0 aliphatic rings.